The number of nitrogens with zero attached hydrogens (tertiary/aromatic N) is 1. The fourth-order valence-electron chi connectivity index (χ4n) is 9.08. The number of carbonyl (C=O) groups is 2. The van der Waals surface area contributed by atoms with Gasteiger partial charge in [-0.15, -0.1) is 0 Å². The maximum atomic E-state index is 13.5. The monoisotopic (exact) mass is 1060 g/mol. The van der Waals surface area contributed by atoms with Crippen molar-refractivity contribution in [2.24, 2.45) is 0 Å². The van der Waals surface area contributed by atoms with Crippen LogP contribution in [-0.4, -0.2) is 69.4 Å². The highest BCUT2D eigenvalue weighted by Crippen LogP contribution is 2.38. The predicted molar refractivity (Wildman–Crippen MR) is 316 cm³/mol. The van der Waals surface area contributed by atoms with E-state index in [1.54, 1.807) is 0 Å². The summed E-state index contributed by atoms with van der Waals surface area (Å²) in [7, 11) is 1.18. The standard InChI is InChI=1S/C64H121N2O7P/c1-7-10-13-16-19-22-25-28-30-31-32-33-34-35-36-39-42-45-48-51-54-57-64(68)73-62(55-52-49-46-43-40-37-27-24-21-18-15-12-9-3)61(60-72-74(69,70)71-59-58-66(4,5)6)65-63(67)56-53-50-47-44-41-38-29-26-23-20-17-14-11-8-2/h19,22,28,30,38,41,52,55,61-62H,7-18,20-21,23-27,29,31-37,39-40,42-51,53-54,56-60H2,1-6H3,(H-,65,67,69,70)/b22-19-,30-28-,41-38-,55-52-. The Balaban J connectivity index is 5.24. The molecule has 0 aromatic rings. The lowest BCUT2D eigenvalue weighted by molar-refractivity contribution is -0.870. The lowest BCUT2D eigenvalue weighted by Crippen LogP contribution is -2.47. The van der Waals surface area contributed by atoms with Crippen molar-refractivity contribution in [3.63, 3.8) is 0 Å². The molecule has 74 heavy (non-hydrogen) atoms. The van der Waals surface area contributed by atoms with E-state index >= 15 is 0 Å². The Morgan fingerprint density at radius 2 is 0.824 bits per heavy atom. The first kappa shape index (κ1) is 72.0. The first-order chi connectivity index (χ1) is 35.9. The zero-order valence-electron chi connectivity index (χ0n) is 49.6. The molecule has 1 N–H and O–H groups in total. The van der Waals surface area contributed by atoms with Crippen molar-refractivity contribution < 1.29 is 37.3 Å². The second-order valence-electron chi connectivity index (χ2n) is 22.6. The number of rotatable bonds is 57. The summed E-state index contributed by atoms with van der Waals surface area (Å²) < 4.78 is 30.3. The second kappa shape index (κ2) is 54.3. The molecule has 0 heterocycles. The number of likely N-dealkylation sites (N-methyl/N-ethyl adjacent to an activating group) is 1. The molecule has 0 rings (SSSR count). The quantitative estimate of drug-likeness (QED) is 0.0212. The maximum absolute atomic E-state index is 13.5. The molecule has 9 nitrogen and oxygen atoms in total. The summed E-state index contributed by atoms with van der Waals surface area (Å²) in [6.45, 7) is 6.83. The zero-order valence-corrected chi connectivity index (χ0v) is 50.4. The largest absolute Gasteiger partial charge is 0.756 e. The number of amides is 1. The average molecular weight is 1060 g/mol. The first-order valence-electron chi connectivity index (χ1n) is 31.4. The third-order valence-corrected chi connectivity index (χ3v) is 14.9. The molecule has 0 saturated heterocycles. The highest BCUT2D eigenvalue weighted by Gasteiger charge is 2.27. The number of allylic oxidation sites excluding steroid dienone is 7. The molecule has 0 aromatic heterocycles. The van der Waals surface area contributed by atoms with Crippen LogP contribution < -0.4 is 10.2 Å². The molecule has 0 radical (unpaired) electrons. The first-order valence-corrected chi connectivity index (χ1v) is 32.9. The molecule has 434 valence electrons. The van der Waals surface area contributed by atoms with Gasteiger partial charge in [-0.1, -0.05) is 243 Å². The van der Waals surface area contributed by atoms with E-state index in [-0.39, 0.29) is 24.9 Å². The van der Waals surface area contributed by atoms with Gasteiger partial charge in [0, 0.05) is 12.8 Å². The molecule has 1 amide bonds. The minimum atomic E-state index is -4.70. The summed E-state index contributed by atoms with van der Waals surface area (Å²) in [4.78, 5) is 40.0. The van der Waals surface area contributed by atoms with Crippen LogP contribution in [0, 0.1) is 0 Å². The third kappa shape index (κ3) is 54.7. The molecule has 3 unspecified atom stereocenters. The lowest BCUT2D eigenvalue weighted by Gasteiger charge is -2.30. The van der Waals surface area contributed by atoms with Crippen LogP contribution in [0.3, 0.4) is 0 Å². The number of carbonyl (C=O) groups excluding carboxylic acids is 2. The number of nitrogens with one attached hydrogen (secondary N) is 1. The average Bonchev–Trinajstić information content (AvgIpc) is 3.36. The van der Waals surface area contributed by atoms with Gasteiger partial charge in [0.1, 0.15) is 19.3 Å². The topological polar surface area (TPSA) is 114 Å². The summed E-state index contributed by atoms with van der Waals surface area (Å²) in [5, 5.41) is 3.02. The van der Waals surface area contributed by atoms with Crippen molar-refractivity contribution in [2.45, 2.75) is 309 Å². The second-order valence-corrected chi connectivity index (χ2v) is 24.0. The van der Waals surface area contributed by atoms with Crippen molar-refractivity contribution >= 4 is 19.7 Å². The van der Waals surface area contributed by atoms with Gasteiger partial charge in [0.05, 0.1) is 33.8 Å². The van der Waals surface area contributed by atoms with Gasteiger partial charge in [-0.05, 0) is 89.5 Å². The van der Waals surface area contributed by atoms with Crippen molar-refractivity contribution in [2.75, 3.05) is 40.9 Å². The van der Waals surface area contributed by atoms with Crippen LogP contribution in [0.5, 0.6) is 0 Å². The Morgan fingerprint density at radius 3 is 1.27 bits per heavy atom. The smallest absolute Gasteiger partial charge is 0.306 e. The minimum absolute atomic E-state index is 0.0247. The molecule has 0 saturated carbocycles. The van der Waals surface area contributed by atoms with Crippen LogP contribution in [0.15, 0.2) is 48.6 Å². The third-order valence-electron chi connectivity index (χ3n) is 14.0. The molecule has 0 aliphatic carbocycles. The summed E-state index contributed by atoms with van der Waals surface area (Å²) >= 11 is 0. The van der Waals surface area contributed by atoms with Crippen LogP contribution in [0.4, 0.5) is 0 Å². The van der Waals surface area contributed by atoms with Gasteiger partial charge in [-0.2, -0.15) is 0 Å². The lowest BCUT2D eigenvalue weighted by atomic mass is 10.0. The molecule has 0 fully saturated rings. The van der Waals surface area contributed by atoms with Gasteiger partial charge < -0.3 is 28.5 Å². The van der Waals surface area contributed by atoms with Crippen LogP contribution in [0.25, 0.3) is 0 Å². The van der Waals surface area contributed by atoms with Gasteiger partial charge in [-0.3, -0.25) is 14.2 Å². The van der Waals surface area contributed by atoms with Crippen LogP contribution in [0.1, 0.15) is 297 Å². The number of hydrogen-bond donors (Lipinski definition) is 1. The van der Waals surface area contributed by atoms with Crippen molar-refractivity contribution in [1.29, 1.82) is 0 Å². The zero-order chi connectivity index (χ0) is 54.3. The van der Waals surface area contributed by atoms with E-state index in [2.05, 4.69) is 62.5 Å². The number of esters is 1. The fraction of sp³-hybridized carbons (Fsp3) is 0.844. The Hall–Kier alpha value is -2.03. The predicted octanol–water partition coefficient (Wildman–Crippen LogP) is 18.6. The van der Waals surface area contributed by atoms with E-state index in [1.807, 2.05) is 33.3 Å². The number of unbranched alkanes of at least 4 members (excludes halogenated alkanes) is 35. The number of quaternary nitrogens is 1. The van der Waals surface area contributed by atoms with Crippen LogP contribution >= 0.6 is 7.82 Å². The highest BCUT2D eigenvalue weighted by molar-refractivity contribution is 7.45. The summed E-state index contributed by atoms with van der Waals surface area (Å²) in [5.74, 6) is -0.553. The Labute approximate surface area is 458 Å². The molecule has 10 heteroatoms. The molecule has 0 aromatic carbocycles. The van der Waals surface area contributed by atoms with Crippen molar-refractivity contribution in [3.05, 3.63) is 48.6 Å². The van der Waals surface area contributed by atoms with Gasteiger partial charge in [0.15, 0.2) is 0 Å². The molecule has 3 atom stereocenters. The molecule has 0 aliphatic rings. The van der Waals surface area contributed by atoms with E-state index in [0.29, 0.717) is 23.9 Å². The van der Waals surface area contributed by atoms with Crippen LogP contribution in [-0.2, 0) is 27.9 Å². The number of ether oxygens (including phenoxy) is 1. The Bertz CT molecular complexity index is 1410. The summed E-state index contributed by atoms with van der Waals surface area (Å²) in [6.07, 6.45) is 66.4. The van der Waals surface area contributed by atoms with Gasteiger partial charge in [0.2, 0.25) is 5.91 Å². The number of phosphoric acid groups is 1. The Kier molecular flexibility index (Phi) is 52.8. The van der Waals surface area contributed by atoms with E-state index in [9.17, 15) is 19.0 Å². The van der Waals surface area contributed by atoms with Gasteiger partial charge >= 0.3 is 5.97 Å². The number of phosphoric ester groups is 1. The van der Waals surface area contributed by atoms with Crippen molar-refractivity contribution in [1.82, 2.24) is 5.32 Å². The maximum Gasteiger partial charge on any atom is 0.306 e. The highest BCUT2D eigenvalue weighted by atomic mass is 31.2. The SMILES string of the molecule is CCCCC/C=C\C/C=C\CCCCCCCCCCCCCC(=O)OC(/C=C\CCCCCCCCCCCCC)C(COP(=O)([O-])OCC[N+](C)(C)C)NC(=O)CCCCC/C=C\CCCCCCCCC. The molecular formula is C64H121N2O7P. The van der Waals surface area contributed by atoms with Gasteiger partial charge in [-0.25, -0.2) is 0 Å². The van der Waals surface area contributed by atoms with E-state index in [0.717, 1.165) is 70.6 Å². The van der Waals surface area contributed by atoms with E-state index in [4.69, 9.17) is 13.8 Å². The Morgan fingerprint density at radius 1 is 0.473 bits per heavy atom. The normalized spacial score (nSPS) is 14.0. The molecule has 0 spiro atoms. The molecule has 0 bridgehead atoms. The fourth-order valence-corrected chi connectivity index (χ4v) is 9.80. The summed E-state index contributed by atoms with van der Waals surface area (Å²) in [5.41, 5.74) is 0. The minimum Gasteiger partial charge on any atom is -0.756 e. The van der Waals surface area contributed by atoms with E-state index < -0.39 is 26.6 Å². The van der Waals surface area contributed by atoms with Gasteiger partial charge in [0.25, 0.3) is 7.82 Å². The van der Waals surface area contributed by atoms with E-state index in [1.165, 1.54) is 186 Å². The van der Waals surface area contributed by atoms with Crippen LogP contribution in [0.2, 0.25) is 0 Å². The number of hydrogen-bond acceptors (Lipinski definition) is 7. The molecular weight excluding hydrogens is 940 g/mol. The molecule has 0 aliphatic heterocycles. The van der Waals surface area contributed by atoms with Crippen molar-refractivity contribution in [3.8, 4) is 0 Å². The summed E-state index contributed by atoms with van der Waals surface area (Å²) in [6, 6.07) is -0.895.